The monoisotopic (exact) mass is 349 g/mol. The van der Waals surface area contributed by atoms with Gasteiger partial charge in [0, 0.05) is 17.6 Å². The lowest BCUT2D eigenvalue weighted by atomic mass is 10.1. The highest BCUT2D eigenvalue weighted by atomic mass is 79.9. The van der Waals surface area contributed by atoms with Crippen LogP contribution in [0.3, 0.4) is 0 Å². The average molecular weight is 350 g/mol. The maximum atomic E-state index is 12.4. The van der Waals surface area contributed by atoms with E-state index < -0.39 is 16.0 Å². The van der Waals surface area contributed by atoms with Gasteiger partial charge in [0.2, 0.25) is 10.0 Å². The minimum absolute atomic E-state index is 0.00593. The van der Waals surface area contributed by atoms with Crippen LogP contribution in [-0.4, -0.2) is 36.9 Å². The number of hydrogen-bond acceptors (Lipinski definition) is 3. The van der Waals surface area contributed by atoms with Crippen LogP contribution in [0.25, 0.3) is 0 Å². The Bertz CT molecular complexity index is 594. The molecule has 1 aromatic carbocycles. The molecular formula is C12H16BrNO4S. The molecule has 0 unspecified atom stereocenters. The largest absolute Gasteiger partial charge is 0.478 e. The summed E-state index contributed by atoms with van der Waals surface area (Å²) >= 11 is 3.23. The van der Waals surface area contributed by atoms with Crippen LogP contribution in [0, 0.1) is 6.92 Å². The van der Waals surface area contributed by atoms with E-state index in [0.717, 1.165) is 0 Å². The predicted molar refractivity (Wildman–Crippen MR) is 75.9 cm³/mol. The molecule has 1 rings (SSSR count). The summed E-state index contributed by atoms with van der Waals surface area (Å²) in [5, 5.41) is 9.02. The molecule has 0 amide bonds. The first kappa shape index (κ1) is 16.1. The maximum absolute atomic E-state index is 12.4. The molecule has 1 aromatic rings. The third kappa shape index (κ3) is 3.16. The topological polar surface area (TPSA) is 74.7 Å². The van der Waals surface area contributed by atoms with E-state index in [2.05, 4.69) is 15.9 Å². The lowest BCUT2D eigenvalue weighted by Gasteiger charge is -2.20. The van der Waals surface area contributed by atoms with Crippen LogP contribution in [0.2, 0.25) is 0 Å². The van der Waals surface area contributed by atoms with Gasteiger partial charge in [0.05, 0.1) is 10.5 Å². The zero-order valence-electron chi connectivity index (χ0n) is 11.0. The summed E-state index contributed by atoms with van der Waals surface area (Å²) in [6.07, 6.45) is 0. The molecule has 0 aliphatic heterocycles. The summed E-state index contributed by atoms with van der Waals surface area (Å²) in [5.41, 5.74) is 0.539. The van der Waals surface area contributed by atoms with E-state index in [1.807, 2.05) is 0 Å². The van der Waals surface area contributed by atoms with Crippen molar-refractivity contribution in [1.82, 2.24) is 4.31 Å². The molecular weight excluding hydrogens is 334 g/mol. The molecule has 0 aromatic heterocycles. The first-order valence-corrected chi connectivity index (χ1v) is 8.02. The maximum Gasteiger partial charge on any atom is 0.335 e. The second-order valence-electron chi connectivity index (χ2n) is 4.00. The highest BCUT2D eigenvalue weighted by Crippen LogP contribution is 2.29. The third-order valence-electron chi connectivity index (χ3n) is 2.79. The van der Waals surface area contributed by atoms with Crippen molar-refractivity contribution in [3.05, 3.63) is 27.7 Å². The quantitative estimate of drug-likeness (QED) is 0.885. The van der Waals surface area contributed by atoms with E-state index in [1.165, 1.54) is 16.4 Å². The molecule has 7 heteroatoms. The average Bonchev–Trinajstić information content (AvgIpc) is 2.33. The number of carboxylic acid groups (broad SMARTS) is 1. The van der Waals surface area contributed by atoms with Gasteiger partial charge in [-0.2, -0.15) is 4.31 Å². The lowest BCUT2D eigenvalue weighted by Crippen LogP contribution is -2.31. The Morgan fingerprint density at radius 3 is 2.26 bits per heavy atom. The van der Waals surface area contributed by atoms with Gasteiger partial charge in [-0.25, -0.2) is 13.2 Å². The van der Waals surface area contributed by atoms with Gasteiger partial charge >= 0.3 is 5.97 Å². The van der Waals surface area contributed by atoms with Gasteiger partial charge in [0.1, 0.15) is 0 Å². The second kappa shape index (κ2) is 6.02. The van der Waals surface area contributed by atoms with Gasteiger partial charge < -0.3 is 5.11 Å². The van der Waals surface area contributed by atoms with Crippen molar-refractivity contribution in [3.8, 4) is 0 Å². The summed E-state index contributed by atoms with van der Waals surface area (Å²) in [7, 11) is -3.69. The van der Waals surface area contributed by atoms with E-state index in [-0.39, 0.29) is 10.5 Å². The Morgan fingerprint density at radius 2 is 1.84 bits per heavy atom. The van der Waals surface area contributed by atoms with Crippen molar-refractivity contribution in [2.45, 2.75) is 25.7 Å². The molecule has 0 atom stereocenters. The van der Waals surface area contributed by atoms with Gasteiger partial charge in [-0.3, -0.25) is 0 Å². The lowest BCUT2D eigenvalue weighted by molar-refractivity contribution is 0.0696. The third-order valence-corrected chi connectivity index (χ3v) is 6.18. The summed E-state index contributed by atoms with van der Waals surface area (Å²) in [4.78, 5) is 11.0. The minimum atomic E-state index is -3.69. The predicted octanol–water partition coefficient (Wildman–Crippen LogP) is 2.49. The fourth-order valence-corrected chi connectivity index (χ4v) is 4.21. The molecule has 1 N–H and O–H groups in total. The molecule has 19 heavy (non-hydrogen) atoms. The molecule has 5 nitrogen and oxygen atoms in total. The molecule has 0 bridgehead atoms. The fraction of sp³-hybridized carbons (Fsp3) is 0.417. The Hall–Kier alpha value is -0.920. The van der Waals surface area contributed by atoms with Crippen LogP contribution in [0.4, 0.5) is 0 Å². The van der Waals surface area contributed by atoms with Gasteiger partial charge in [-0.1, -0.05) is 13.8 Å². The summed E-state index contributed by atoms with van der Waals surface area (Å²) in [6, 6.07) is 2.63. The van der Waals surface area contributed by atoms with Gasteiger partial charge in [0.25, 0.3) is 0 Å². The second-order valence-corrected chi connectivity index (χ2v) is 6.70. The number of halogens is 1. The zero-order valence-corrected chi connectivity index (χ0v) is 13.4. The number of aromatic carboxylic acids is 1. The van der Waals surface area contributed by atoms with Crippen LogP contribution in [0.5, 0.6) is 0 Å². The molecule has 0 saturated heterocycles. The standard InChI is InChI=1S/C12H16BrNO4S/c1-4-14(5-2)19(17,18)10-7-9(12(15)16)6-8(3)11(10)13/h6-7H,4-5H2,1-3H3,(H,15,16). The van der Waals surface area contributed by atoms with Crippen LogP contribution in [0.1, 0.15) is 29.8 Å². The van der Waals surface area contributed by atoms with E-state index in [9.17, 15) is 13.2 Å². The Kier molecular flexibility index (Phi) is 5.11. The highest BCUT2D eigenvalue weighted by molar-refractivity contribution is 9.10. The number of carboxylic acids is 1. The summed E-state index contributed by atoms with van der Waals surface area (Å²) in [6.45, 7) is 5.81. The smallest absolute Gasteiger partial charge is 0.335 e. The number of hydrogen-bond donors (Lipinski definition) is 1. The van der Waals surface area contributed by atoms with Crippen molar-refractivity contribution in [3.63, 3.8) is 0 Å². The number of nitrogens with zero attached hydrogens (tertiary/aromatic N) is 1. The van der Waals surface area contributed by atoms with Crippen molar-refractivity contribution >= 4 is 31.9 Å². The van der Waals surface area contributed by atoms with Crippen molar-refractivity contribution in [2.75, 3.05) is 13.1 Å². The van der Waals surface area contributed by atoms with Gasteiger partial charge in [0.15, 0.2) is 0 Å². The molecule has 0 heterocycles. The number of benzene rings is 1. The molecule has 0 spiro atoms. The number of aryl methyl sites for hydroxylation is 1. The first-order valence-electron chi connectivity index (χ1n) is 5.79. The summed E-state index contributed by atoms with van der Waals surface area (Å²) < 4.78 is 26.6. The number of rotatable bonds is 5. The van der Waals surface area contributed by atoms with Crippen LogP contribution >= 0.6 is 15.9 Å². The molecule has 0 aliphatic rings. The van der Waals surface area contributed by atoms with Crippen LogP contribution in [0.15, 0.2) is 21.5 Å². The Balaban J connectivity index is 3.54. The summed E-state index contributed by atoms with van der Waals surface area (Å²) in [5.74, 6) is -1.15. The molecule has 0 fully saturated rings. The van der Waals surface area contributed by atoms with E-state index in [0.29, 0.717) is 23.1 Å². The molecule has 106 valence electrons. The van der Waals surface area contributed by atoms with Crippen molar-refractivity contribution < 1.29 is 18.3 Å². The molecule has 0 aliphatic carbocycles. The zero-order chi connectivity index (χ0) is 14.8. The van der Waals surface area contributed by atoms with Crippen molar-refractivity contribution in [1.29, 1.82) is 0 Å². The van der Waals surface area contributed by atoms with Gasteiger partial charge in [-0.05, 0) is 40.5 Å². The fourth-order valence-electron chi connectivity index (χ4n) is 1.75. The Labute approximate surface area is 121 Å². The van der Waals surface area contributed by atoms with E-state index in [1.54, 1.807) is 20.8 Å². The Morgan fingerprint density at radius 1 is 1.32 bits per heavy atom. The van der Waals surface area contributed by atoms with E-state index in [4.69, 9.17) is 5.11 Å². The molecule has 0 saturated carbocycles. The number of sulfonamides is 1. The normalized spacial score (nSPS) is 11.8. The van der Waals surface area contributed by atoms with E-state index >= 15 is 0 Å². The highest BCUT2D eigenvalue weighted by Gasteiger charge is 2.26. The SMILES string of the molecule is CCN(CC)S(=O)(=O)c1cc(C(=O)O)cc(C)c1Br. The van der Waals surface area contributed by atoms with Crippen LogP contribution < -0.4 is 0 Å². The minimum Gasteiger partial charge on any atom is -0.478 e. The van der Waals surface area contributed by atoms with Gasteiger partial charge in [-0.15, -0.1) is 0 Å². The number of carbonyl (C=O) groups is 1. The van der Waals surface area contributed by atoms with Crippen molar-refractivity contribution in [2.24, 2.45) is 0 Å². The first-order chi connectivity index (χ1) is 8.75. The van der Waals surface area contributed by atoms with Crippen LogP contribution in [-0.2, 0) is 10.0 Å². The molecule has 0 radical (unpaired) electrons.